The highest BCUT2D eigenvalue weighted by molar-refractivity contribution is 5.68. The maximum Gasteiger partial charge on any atom is 0.410 e. The number of hydrogen-bond acceptors (Lipinski definition) is 2. The van der Waals surface area contributed by atoms with Gasteiger partial charge in [0.1, 0.15) is 5.60 Å². The quantitative estimate of drug-likeness (QED) is 0.702. The lowest BCUT2D eigenvalue weighted by Crippen LogP contribution is -2.42. The van der Waals surface area contributed by atoms with Gasteiger partial charge in [-0.05, 0) is 58.3 Å². The first kappa shape index (κ1) is 13.4. The maximum atomic E-state index is 11.9. The van der Waals surface area contributed by atoms with Gasteiger partial charge >= 0.3 is 6.09 Å². The molecule has 1 saturated carbocycles. The number of ether oxygens (including phenoxy) is 1. The smallest absolute Gasteiger partial charge is 0.410 e. The van der Waals surface area contributed by atoms with Gasteiger partial charge in [0.2, 0.25) is 0 Å². The first-order chi connectivity index (χ1) is 8.37. The molecular weight excluding hydrogens is 226 g/mol. The molecule has 3 nitrogen and oxygen atoms in total. The molecule has 2 aliphatic rings. The van der Waals surface area contributed by atoms with Crippen molar-refractivity contribution in [3.05, 3.63) is 12.2 Å². The zero-order chi connectivity index (χ0) is 13.3. The number of nitrogens with zero attached hydrogens (tertiary/aromatic N) is 1. The second kappa shape index (κ2) is 4.94. The van der Waals surface area contributed by atoms with Crippen molar-refractivity contribution in [2.24, 2.45) is 11.8 Å². The Balaban J connectivity index is 1.79. The SMILES string of the molecule is C=C(C1CC1)C1CCN(C(=O)OC(C)(C)C)CC1. The van der Waals surface area contributed by atoms with Gasteiger partial charge < -0.3 is 9.64 Å². The number of carbonyl (C=O) groups is 1. The van der Waals surface area contributed by atoms with Crippen LogP contribution in [0.1, 0.15) is 46.5 Å². The van der Waals surface area contributed by atoms with Crippen molar-refractivity contribution in [3.8, 4) is 0 Å². The monoisotopic (exact) mass is 251 g/mol. The normalized spacial score (nSPS) is 21.8. The van der Waals surface area contributed by atoms with Gasteiger partial charge in [-0.15, -0.1) is 0 Å². The molecule has 0 aromatic carbocycles. The number of allylic oxidation sites excluding steroid dienone is 1. The van der Waals surface area contributed by atoms with Crippen LogP contribution in [0.25, 0.3) is 0 Å². The summed E-state index contributed by atoms with van der Waals surface area (Å²) in [5.74, 6) is 1.40. The van der Waals surface area contributed by atoms with Gasteiger partial charge in [-0.3, -0.25) is 0 Å². The summed E-state index contributed by atoms with van der Waals surface area (Å²) in [4.78, 5) is 13.8. The summed E-state index contributed by atoms with van der Waals surface area (Å²) in [5.41, 5.74) is 1.03. The van der Waals surface area contributed by atoms with Crippen LogP contribution in [0.2, 0.25) is 0 Å². The van der Waals surface area contributed by atoms with Gasteiger partial charge in [0.25, 0.3) is 0 Å². The number of rotatable bonds is 2. The molecule has 0 aromatic heterocycles. The van der Waals surface area contributed by atoms with E-state index in [1.807, 2.05) is 25.7 Å². The minimum atomic E-state index is -0.397. The van der Waals surface area contributed by atoms with Crippen LogP contribution in [0, 0.1) is 11.8 Å². The van der Waals surface area contributed by atoms with E-state index < -0.39 is 5.60 Å². The second-order valence-corrected chi connectivity index (χ2v) is 6.59. The van der Waals surface area contributed by atoms with Crippen LogP contribution in [0.4, 0.5) is 4.79 Å². The van der Waals surface area contributed by atoms with Crippen LogP contribution in [0.5, 0.6) is 0 Å². The molecule has 0 spiro atoms. The van der Waals surface area contributed by atoms with Crippen molar-refractivity contribution in [1.29, 1.82) is 0 Å². The summed E-state index contributed by atoms with van der Waals surface area (Å²) in [6.07, 6.45) is 4.58. The number of carbonyl (C=O) groups excluding carboxylic acids is 1. The summed E-state index contributed by atoms with van der Waals surface area (Å²) >= 11 is 0. The van der Waals surface area contributed by atoms with E-state index in [4.69, 9.17) is 4.74 Å². The fourth-order valence-electron chi connectivity index (χ4n) is 2.55. The van der Waals surface area contributed by atoms with E-state index in [1.165, 1.54) is 18.4 Å². The minimum Gasteiger partial charge on any atom is -0.444 e. The molecule has 0 radical (unpaired) electrons. The average molecular weight is 251 g/mol. The molecule has 0 bridgehead atoms. The molecule has 3 heteroatoms. The molecule has 2 rings (SSSR count). The van der Waals surface area contributed by atoms with Crippen molar-refractivity contribution in [3.63, 3.8) is 0 Å². The molecule has 0 unspecified atom stereocenters. The highest BCUT2D eigenvalue weighted by Crippen LogP contribution is 2.42. The minimum absolute atomic E-state index is 0.169. The maximum absolute atomic E-state index is 11.9. The summed E-state index contributed by atoms with van der Waals surface area (Å²) in [6, 6.07) is 0. The van der Waals surface area contributed by atoms with Crippen molar-refractivity contribution in [1.82, 2.24) is 4.90 Å². The molecule has 0 N–H and O–H groups in total. The van der Waals surface area contributed by atoms with Gasteiger partial charge in [0.15, 0.2) is 0 Å². The molecule has 1 heterocycles. The van der Waals surface area contributed by atoms with Crippen LogP contribution in [0.3, 0.4) is 0 Å². The summed E-state index contributed by atoms with van der Waals surface area (Å²) in [7, 11) is 0. The van der Waals surface area contributed by atoms with E-state index in [-0.39, 0.29) is 6.09 Å². The van der Waals surface area contributed by atoms with Gasteiger partial charge in [0.05, 0.1) is 0 Å². The Labute approximate surface area is 110 Å². The van der Waals surface area contributed by atoms with E-state index >= 15 is 0 Å². The summed E-state index contributed by atoms with van der Waals surface area (Å²) in [5, 5.41) is 0. The second-order valence-electron chi connectivity index (χ2n) is 6.59. The Morgan fingerprint density at radius 1 is 1.11 bits per heavy atom. The molecule has 2 fully saturated rings. The van der Waals surface area contributed by atoms with Crippen LogP contribution in [-0.4, -0.2) is 29.7 Å². The number of likely N-dealkylation sites (tertiary alicyclic amines) is 1. The van der Waals surface area contributed by atoms with Crippen LogP contribution in [-0.2, 0) is 4.74 Å². The Kier molecular flexibility index (Phi) is 3.69. The topological polar surface area (TPSA) is 29.5 Å². The third kappa shape index (κ3) is 3.50. The highest BCUT2D eigenvalue weighted by atomic mass is 16.6. The number of hydrogen-bond donors (Lipinski definition) is 0. The zero-order valence-corrected chi connectivity index (χ0v) is 11.9. The standard InChI is InChI=1S/C15H25NO2/c1-11(12-5-6-12)13-7-9-16(10-8-13)14(17)18-15(2,3)4/h12-13H,1,5-10H2,2-4H3. The molecular formula is C15H25NO2. The van der Waals surface area contributed by atoms with E-state index in [1.54, 1.807) is 0 Å². The third-order valence-electron chi connectivity index (χ3n) is 3.77. The molecule has 0 atom stereocenters. The predicted octanol–water partition coefficient (Wildman–Crippen LogP) is 3.60. The van der Waals surface area contributed by atoms with Crippen LogP contribution >= 0.6 is 0 Å². The van der Waals surface area contributed by atoms with Gasteiger partial charge in [-0.2, -0.15) is 0 Å². The Hall–Kier alpha value is -0.990. The lowest BCUT2D eigenvalue weighted by atomic mass is 9.87. The number of amides is 1. The molecule has 102 valence electrons. The molecule has 0 aromatic rings. The van der Waals surface area contributed by atoms with Gasteiger partial charge in [0, 0.05) is 13.1 Å². The molecule has 1 amide bonds. The van der Waals surface area contributed by atoms with Crippen LogP contribution < -0.4 is 0 Å². The Morgan fingerprint density at radius 3 is 2.06 bits per heavy atom. The van der Waals surface area contributed by atoms with Crippen molar-refractivity contribution >= 4 is 6.09 Å². The first-order valence-corrected chi connectivity index (χ1v) is 7.03. The molecule has 1 aliphatic heterocycles. The Bertz CT molecular complexity index is 331. The lowest BCUT2D eigenvalue weighted by molar-refractivity contribution is 0.0193. The zero-order valence-electron chi connectivity index (χ0n) is 11.9. The van der Waals surface area contributed by atoms with Crippen molar-refractivity contribution < 1.29 is 9.53 Å². The highest BCUT2D eigenvalue weighted by Gasteiger charge is 2.33. The van der Waals surface area contributed by atoms with Crippen molar-refractivity contribution in [2.75, 3.05) is 13.1 Å². The van der Waals surface area contributed by atoms with E-state index in [2.05, 4.69) is 6.58 Å². The van der Waals surface area contributed by atoms with Gasteiger partial charge in [-0.25, -0.2) is 4.79 Å². The van der Waals surface area contributed by atoms with Gasteiger partial charge in [-0.1, -0.05) is 12.2 Å². The van der Waals surface area contributed by atoms with E-state index in [0.29, 0.717) is 5.92 Å². The lowest BCUT2D eigenvalue weighted by Gasteiger charge is -2.34. The fourth-order valence-corrected chi connectivity index (χ4v) is 2.55. The third-order valence-corrected chi connectivity index (χ3v) is 3.77. The molecule has 1 aliphatic carbocycles. The first-order valence-electron chi connectivity index (χ1n) is 7.03. The van der Waals surface area contributed by atoms with Crippen LogP contribution in [0.15, 0.2) is 12.2 Å². The largest absolute Gasteiger partial charge is 0.444 e. The molecule has 1 saturated heterocycles. The molecule has 18 heavy (non-hydrogen) atoms. The number of piperidine rings is 1. The summed E-state index contributed by atoms with van der Waals surface area (Å²) in [6.45, 7) is 11.6. The van der Waals surface area contributed by atoms with Crippen molar-refractivity contribution in [2.45, 2.75) is 52.1 Å². The summed E-state index contributed by atoms with van der Waals surface area (Å²) < 4.78 is 5.40. The predicted molar refractivity (Wildman–Crippen MR) is 72.4 cm³/mol. The Morgan fingerprint density at radius 2 is 1.61 bits per heavy atom. The average Bonchev–Trinajstić information content (AvgIpc) is 3.10. The fraction of sp³-hybridized carbons (Fsp3) is 0.800. The van der Waals surface area contributed by atoms with E-state index in [0.717, 1.165) is 31.8 Å². The van der Waals surface area contributed by atoms with E-state index in [9.17, 15) is 4.79 Å².